The molecule has 0 bridgehead atoms. The van der Waals surface area contributed by atoms with Crippen LogP contribution in [0.5, 0.6) is 0 Å². The van der Waals surface area contributed by atoms with Crippen molar-refractivity contribution in [3.8, 4) is 0 Å². The van der Waals surface area contributed by atoms with Gasteiger partial charge in [-0.15, -0.1) is 11.3 Å². The fourth-order valence-corrected chi connectivity index (χ4v) is 5.36. The summed E-state index contributed by atoms with van der Waals surface area (Å²) >= 11 is 1.52. The standard InChI is InChI=1S/C20H26N2O2S/c23-19(15-6-2-1-3-7-15)22-11-4-8-16-14-21(12-10-17(16)22)20(24)18-9-5-13-25-18/h1-2,5,9,13,15-17H,3-4,6-8,10-12,14H2/t15?,16-,17+/m1/s1. The minimum Gasteiger partial charge on any atom is -0.339 e. The van der Waals surface area contributed by atoms with Crippen LogP contribution in [-0.2, 0) is 4.79 Å². The number of allylic oxidation sites excluding steroid dienone is 2. The summed E-state index contributed by atoms with van der Waals surface area (Å²) in [6.45, 7) is 2.47. The summed E-state index contributed by atoms with van der Waals surface area (Å²) in [6.07, 6.45) is 10.4. The van der Waals surface area contributed by atoms with E-state index >= 15 is 0 Å². The molecule has 0 spiro atoms. The first-order valence-corrected chi connectivity index (χ1v) is 10.4. The summed E-state index contributed by atoms with van der Waals surface area (Å²) in [5.41, 5.74) is 0. The van der Waals surface area contributed by atoms with Crippen molar-refractivity contribution >= 4 is 23.2 Å². The molecule has 0 N–H and O–H groups in total. The van der Waals surface area contributed by atoms with Gasteiger partial charge in [-0.3, -0.25) is 9.59 Å². The number of fused-ring (bicyclic) bond motifs is 1. The number of rotatable bonds is 2. The molecule has 3 heterocycles. The van der Waals surface area contributed by atoms with Crippen LogP contribution in [0.15, 0.2) is 29.7 Å². The van der Waals surface area contributed by atoms with Gasteiger partial charge in [-0.05, 0) is 55.9 Å². The van der Waals surface area contributed by atoms with E-state index < -0.39 is 0 Å². The fraction of sp³-hybridized carbons (Fsp3) is 0.600. The zero-order valence-electron chi connectivity index (χ0n) is 14.6. The van der Waals surface area contributed by atoms with Crippen molar-refractivity contribution in [1.82, 2.24) is 9.80 Å². The van der Waals surface area contributed by atoms with Crippen molar-refractivity contribution in [2.24, 2.45) is 11.8 Å². The Morgan fingerprint density at radius 3 is 2.80 bits per heavy atom. The maximum Gasteiger partial charge on any atom is 0.263 e. The Hall–Kier alpha value is -1.62. The molecule has 3 atom stereocenters. The molecule has 134 valence electrons. The van der Waals surface area contributed by atoms with Crippen molar-refractivity contribution < 1.29 is 9.59 Å². The number of hydrogen-bond donors (Lipinski definition) is 0. The average Bonchev–Trinajstić information content (AvgIpc) is 3.21. The van der Waals surface area contributed by atoms with Crippen molar-refractivity contribution in [2.45, 2.75) is 44.6 Å². The minimum absolute atomic E-state index is 0.161. The van der Waals surface area contributed by atoms with E-state index in [4.69, 9.17) is 0 Å². The molecule has 1 unspecified atom stereocenters. The molecule has 3 aliphatic rings. The van der Waals surface area contributed by atoms with Crippen molar-refractivity contribution in [3.05, 3.63) is 34.5 Å². The molecule has 0 radical (unpaired) electrons. The van der Waals surface area contributed by atoms with E-state index in [2.05, 4.69) is 17.1 Å². The topological polar surface area (TPSA) is 40.6 Å². The van der Waals surface area contributed by atoms with Gasteiger partial charge in [-0.1, -0.05) is 18.2 Å². The van der Waals surface area contributed by atoms with E-state index in [0.29, 0.717) is 17.9 Å². The number of hydrogen-bond acceptors (Lipinski definition) is 3. The lowest BCUT2D eigenvalue weighted by Crippen LogP contribution is -2.57. The molecule has 4 rings (SSSR count). The van der Waals surface area contributed by atoms with Crippen LogP contribution in [-0.4, -0.2) is 47.3 Å². The Morgan fingerprint density at radius 2 is 2.04 bits per heavy atom. The Labute approximate surface area is 153 Å². The maximum atomic E-state index is 13.0. The smallest absolute Gasteiger partial charge is 0.263 e. The van der Waals surface area contributed by atoms with E-state index in [1.807, 2.05) is 22.4 Å². The summed E-state index contributed by atoms with van der Waals surface area (Å²) < 4.78 is 0. The third-order valence-corrected chi connectivity index (χ3v) is 6.85. The second-order valence-electron chi connectivity index (χ2n) is 7.50. The maximum absolute atomic E-state index is 13.0. The second kappa shape index (κ2) is 7.32. The molecule has 2 aliphatic heterocycles. The lowest BCUT2D eigenvalue weighted by atomic mass is 9.82. The first kappa shape index (κ1) is 16.8. The van der Waals surface area contributed by atoms with Crippen molar-refractivity contribution in [3.63, 3.8) is 0 Å². The Bertz CT molecular complexity index is 655. The van der Waals surface area contributed by atoms with Gasteiger partial charge in [0.05, 0.1) is 4.88 Å². The molecule has 0 saturated carbocycles. The van der Waals surface area contributed by atoms with Crippen LogP contribution in [0.4, 0.5) is 0 Å². The minimum atomic E-state index is 0.161. The van der Waals surface area contributed by atoms with Crippen LogP contribution in [0.25, 0.3) is 0 Å². The first-order valence-electron chi connectivity index (χ1n) is 9.52. The zero-order valence-corrected chi connectivity index (χ0v) is 15.4. The molecular weight excluding hydrogens is 332 g/mol. The first-order chi connectivity index (χ1) is 12.2. The summed E-state index contributed by atoms with van der Waals surface area (Å²) in [7, 11) is 0. The molecule has 2 fully saturated rings. The predicted octanol–water partition coefficient (Wildman–Crippen LogP) is 3.56. The van der Waals surface area contributed by atoms with Crippen LogP contribution in [0, 0.1) is 11.8 Å². The number of amides is 2. The summed E-state index contributed by atoms with van der Waals surface area (Å²) in [4.78, 5) is 30.7. The van der Waals surface area contributed by atoms with Crippen molar-refractivity contribution in [2.75, 3.05) is 19.6 Å². The monoisotopic (exact) mass is 358 g/mol. The Balaban J connectivity index is 1.43. The highest BCUT2D eigenvalue weighted by molar-refractivity contribution is 7.12. The molecule has 2 saturated heterocycles. The largest absolute Gasteiger partial charge is 0.339 e. The van der Waals surface area contributed by atoms with Crippen LogP contribution in [0.1, 0.15) is 48.2 Å². The van der Waals surface area contributed by atoms with Crippen molar-refractivity contribution in [1.29, 1.82) is 0 Å². The van der Waals surface area contributed by atoms with Gasteiger partial charge in [0.25, 0.3) is 5.91 Å². The summed E-state index contributed by atoms with van der Waals surface area (Å²) in [5.74, 6) is 1.13. The highest BCUT2D eigenvalue weighted by Gasteiger charge is 2.40. The quantitative estimate of drug-likeness (QED) is 0.759. The van der Waals surface area contributed by atoms with E-state index in [1.165, 1.54) is 11.3 Å². The molecule has 1 aromatic rings. The third-order valence-electron chi connectivity index (χ3n) is 5.99. The van der Waals surface area contributed by atoms with Gasteiger partial charge >= 0.3 is 0 Å². The second-order valence-corrected chi connectivity index (χ2v) is 8.45. The van der Waals surface area contributed by atoms with Crippen LogP contribution >= 0.6 is 11.3 Å². The van der Waals surface area contributed by atoms with E-state index in [9.17, 15) is 9.59 Å². The molecule has 2 amide bonds. The molecule has 0 aromatic carbocycles. The average molecular weight is 359 g/mol. The summed E-state index contributed by atoms with van der Waals surface area (Å²) in [6, 6.07) is 4.18. The van der Waals surface area contributed by atoms with E-state index in [-0.39, 0.29) is 11.8 Å². The number of likely N-dealkylation sites (tertiary alicyclic amines) is 2. The van der Waals surface area contributed by atoms with E-state index in [1.54, 1.807) is 0 Å². The number of thiophene rings is 1. The van der Waals surface area contributed by atoms with Gasteiger partial charge in [0.2, 0.25) is 5.91 Å². The normalized spacial score (nSPS) is 29.4. The third kappa shape index (κ3) is 3.39. The van der Waals surface area contributed by atoms with Gasteiger partial charge in [0.15, 0.2) is 0 Å². The molecular formula is C20H26N2O2S. The fourth-order valence-electron chi connectivity index (χ4n) is 4.67. The number of carbonyl (C=O) groups excluding carboxylic acids is 2. The number of piperidine rings is 2. The predicted molar refractivity (Wildman–Crippen MR) is 99.5 cm³/mol. The van der Waals surface area contributed by atoms with Gasteiger partial charge in [-0.25, -0.2) is 0 Å². The summed E-state index contributed by atoms with van der Waals surface area (Å²) in [5, 5.41) is 1.96. The lowest BCUT2D eigenvalue weighted by Gasteiger charge is -2.48. The van der Waals surface area contributed by atoms with Gasteiger partial charge in [0.1, 0.15) is 0 Å². The lowest BCUT2D eigenvalue weighted by molar-refractivity contribution is -0.142. The van der Waals surface area contributed by atoms with Gasteiger partial charge in [-0.2, -0.15) is 0 Å². The molecule has 1 aromatic heterocycles. The van der Waals surface area contributed by atoms with Gasteiger partial charge < -0.3 is 9.80 Å². The number of carbonyl (C=O) groups is 2. The van der Waals surface area contributed by atoms with Gasteiger partial charge in [0, 0.05) is 31.6 Å². The van der Waals surface area contributed by atoms with Crippen LogP contribution in [0.3, 0.4) is 0 Å². The highest BCUT2D eigenvalue weighted by atomic mass is 32.1. The molecule has 4 nitrogen and oxygen atoms in total. The highest BCUT2D eigenvalue weighted by Crippen LogP contribution is 2.34. The molecule has 5 heteroatoms. The molecule has 25 heavy (non-hydrogen) atoms. The SMILES string of the molecule is O=C(c1cccs1)N1CC[C@H]2[C@H](CCCN2C(=O)C2CC=CCC2)C1. The Morgan fingerprint density at radius 1 is 1.12 bits per heavy atom. The number of nitrogens with zero attached hydrogens (tertiary/aromatic N) is 2. The Kier molecular flexibility index (Phi) is 4.93. The van der Waals surface area contributed by atoms with Crippen LogP contribution < -0.4 is 0 Å². The van der Waals surface area contributed by atoms with E-state index in [0.717, 1.165) is 63.0 Å². The zero-order chi connectivity index (χ0) is 17.2. The van der Waals surface area contributed by atoms with Crippen LogP contribution in [0.2, 0.25) is 0 Å². The molecule has 1 aliphatic carbocycles.